The number of carbonyl (C=O) groups excluding carboxylic acids is 2. The third kappa shape index (κ3) is 5.80. The van der Waals surface area contributed by atoms with Crippen LogP contribution in [0.1, 0.15) is 36.2 Å². The van der Waals surface area contributed by atoms with E-state index in [0.29, 0.717) is 22.8 Å². The molecule has 0 spiro atoms. The Hall–Kier alpha value is -2.53. The number of urea groups is 1. The summed E-state index contributed by atoms with van der Waals surface area (Å²) < 4.78 is 0. The van der Waals surface area contributed by atoms with E-state index < -0.39 is 0 Å². The average molecular weight is 360 g/mol. The Morgan fingerprint density at radius 2 is 1.76 bits per heavy atom. The largest absolute Gasteiger partial charge is 0.350 e. The molecule has 0 aliphatic rings. The van der Waals surface area contributed by atoms with Gasteiger partial charge in [-0.1, -0.05) is 36.7 Å². The number of nitrogens with one attached hydrogen (secondary N) is 3. The van der Waals surface area contributed by atoms with Crippen molar-refractivity contribution < 1.29 is 9.59 Å². The second-order valence-electron chi connectivity index (χ2n) is 5.76. The predicted molar refractivity (Wildman–Crippen MR) is 101 cm³/mol. The second-order valence-corrected chi connectivity index (χ2v) is 6.17. The van der Waals surface area contributed by atoms with Crippen molar-refractivity contribution >= 4 is 29.2 Å². The summed E-state index contributed by atoms with van der Waals surface area (Å²) in [6.45, 7) is 4.30. The van der Waals surface area contributed by atoms with Crippen LogP contribution in [0.3, 0.4) is 0 Å². The molecule has 0 saturated carbocycles. The van der Waals surface area contributed by atoms with Crippen molar-refractivity contribution in [2.45, 2.75) is 32.9 Å². The van der Waals surface area contributed by atoms with Gasteiger partial charge in [-0.15, -0.1) is 0 Å². The van der Waals surface area contributed by atoms with Crippen molar-refractivity contribution in [3.63, 3.8) is 0 Å². The number of halogens is 1. The highest BCUT2D eigenvalue weighted by atomic mass is 35.5. The number of hydrogen-bond acceptors (Lipinski definition) is 2. The molecule has 3 N–H and O–H groups in total. The van der Waals surface area contributed by atoms with E-state index >= 15 is 0 Å². The lowest BCUT2D eigenvalue weighted by Crippen LogP contribution is -2.32. The van der Waals surface area contributed by atoms with E-state index in [1.165, 1.54) is 0 Å². The van der Waals surface area contributed by atoms with Gasteiger partial charge in [-0.25, -0.2) is 4.79 Å². The first kappa shape index (κ1) is 18.8. The molecule has 0 unspecified atom stereocenters. The van der Waals surface area contributed by atoms with Crippen LogP contribution in [0.2, 0.25) is 5.02 Å². The maximum Gasteiger partial charge on any atom is 0.319 e. The lowest BCUT2D eigenvalue weighted by Gasteiger charge is -2.12. The summed E-state index contributed by atoms with van der Waals surface area (Å²) in [5.41, 5.74) is 2.01. The van der Waals surface area contributed by atoms with Crippen LogP contribution in [0, 0.1) is 0 Å². The molecule has 0 aromatic heterocycles. The Labute approximate surface area is 152 Å². The highest BCUT2D eigenvalue weighted by Gasteiger charge is 2.09. The zero-order valence-corrected chi connectivity index (χ0v) is 15.1. The van der Waals surface area contributed by atoms with Gasteiger partial charge in [-0.3, -0.25) is 4.79 Å². The molecular formula is C19H22ClN3O2. The molecule has 0 heterocycles. The smallest absolute Gasteiger partial charge is 0.319 e. The first-order valence-corrected chi connectivity index (χ1v) is 8.56. The minimum absolute atomic E-state index is 0.121. The van der Waals surface area contributed by atoms with Gasteiger partial charge in [0.05, 0.1) is 0 Å². The van der Waals surface area contributed by atoms with Gasteiger partial charge in [0.2, 0.25) is 0 Å². The van der Waals surface area contributed by atoms with Gasteiger partial charge in [-0.05, 0) is 49.2 Å². The van der Waals surface area contributed by atoms with Gasteiger partial charge in [0.25, 0.3) is 5.91 Å². The van der Waals surface area contributed by atoms with Gasteiger partial charge < -0.3 is 16.0 Å². The topological polar surface area (TPSA) is 70.2 Å². The Kier molecular flexibility index (Phi) is 6.83. The zero-order valence-electron chi connectivity index (χ0n) is 14.3. The van der Waals surface area contributed by atoms with E-state index in [-0.39, 0.29) is 18.0 Å². The molecule has 25 heavy (non-hydrogen) atoms. The molecule has 2 aromatic rings. The van der Waals surface area contributed by atoms with E-state index in [1.54, 1.807) is 30.3 Å². The van der Waals surface area contributed by atoms with Crippen molar-refractivity contribution in [1.82, 2.24) is 10.6 Å². The predicted octanol–water partition coefficient (Wildman–Crippen LogP) is 4.19. The fraction of sp³-hybridized carbons (Fsp3) is 0.263. The van der Waals surface area contributed by atoms with Crippen LogP contribution in [-0.4, -0.2) is 18.0 Å². The quantitative estimate of drug-likeness (QED) is 0.723. The number of hydrogen-bond donors (Lipinski definition) is 3. The van der Waals surface area contributed by atoms with Crippen LogP contribution in [0.25, 0.3) is 0 Å². The Balaban J connectivity index is 1.87. The fourth-order valence-corrected chi connectivity index (χ4v) is 2.31. The summed E-state index contributed by atoms with van der Waals surface area (Å²) in [6.07, 6.45) is 0.872. The van der Waals surface area contributed by atoms with Gasteiger partial charge in [-0.2, -0.15) is 0 Å². The number of anilines is 1. The molecule has 2 aromatic carbocycles. The van der Waals surface area contributed by atoms with E-state index in [4.69, 9.17) is 11.6 Å². The number of benzene rings is 2. The highest BCUT2D eigenvalue weighted by Crippen LogP contribution is 2.14. The molecule has 3 amide bonds. The molecule has 0 saturated heterocycles. The lowest BCUT2D eigenvalue weighted by molar-refractivity contribution is 0.0939. The summed E-state index contributed by atoms with van der Waals surface area (Å²) in [7, 11) is 0. The first-order chi connectivity index (χ1) is 12.0. The zero-order chi connectivity index (χ0) is 18.2. The molecule has 0 bridgehead atoms. The first-order valence-electron chi connectivity index (χ1n) is 8.18. The minimum Gasteiger partial charge on any atom is -0.350 e. The summed E-state index contributed by atoms with van der Waals surface area (Å²) in [5.74, 6) is -0.121. The fourth-order valence-electron chi connectivity index (χ4n) is 2.11. The Morgan fingerprint density at radius 3 is 2.40 bits per heavy atom. The summed E-state index contributed by atoms with van der Waals surface area (Å²) >= 11 is 6.05. The maximum absolute atomic E-state index is 12.0. The van der Waals surface area contributed by atoms with Crippen molar-refractivity contribution in [3.8, 4) is 0 Å². The van der Waals surface area contributed by atoms with Crippen molar-refractivity contribution in [2.75, 3.05) is 5.32 Å². The number of rotatable bonds is 6. The van der Waals surface area contributed by atoms with Crippen LogP contribution >= 0.6 is 11.6 Å². The molecule has 132 valence electrons. The Bertz CT molecular complexity index is 732. The van der Waals surface area contributed by atoms with Gasteiger partial charge in [0.1, 0.15) is 0 Å². The van der Waals surface area contributed by atoms with Crippen LogP contribution in [-0.2, 0) is 6.54 Å². The van der Waals surface area contributed by atoms with Crippen LogP contribution in [0.15, 0.2) is 48.5 Å². The second kappa shape index (κ2) is 9.08. The minimum atomic E-state index is -0.336. The van der Waals surface area contributed by atoms with Gasteiger partial charge in [0, 0.05) is 28.9 Å². The van der Waals surface area contributed by atoms with E-state index in [1.807, 2.05) is 32.0 Å². The van der Waals surface area contributed by atoms with Crippen molar-refractivity contribution in [2.24, 2.45) is 0 Å². The summed E-state index contributed by atoms with van der Waals surface area (Å²) in [6, 6.07) is 13.9. The van der Waals surface area contributed by atoms with Gasteiger partial charge in [0.15, 0.2) is 0 Å². The summed E-state index contributed by atoms with van der Waals surface area (Å²) in [5, 5.41) is 8.98. The van der Waals surface area contributed by atoms with E-state index in [0.717, 1.165) is 12.0 Å². The highest BCUT2D eigenvalue weighted by molar-refractivity contribution is 6.31. The molecule has 6 heteroatoms. The standard InChI is InChI=1S/C19H22ClN3O2/c1-3-13(2)22-18(24)14-8-10-16(11-9-14)23-19(25)21-12-15-6-4-5-7-17(15)20/h4-11,13H,3,12H2,1-2H3,(H,22,24)(H2,21,23,25)/t13-/m0/s1. The third-order valence-corrected chi connectivity index (χ3v) is 4.16. The molecule has 0 aliphatic carbocycles. The monoisotopic (exact) mass is 359 g/mol. The van der Waals surface area contributed by atoms with Gasteiger partial charge >= 0.3 is 6.03 Å². The van der Waals surface area contributed by atoms with Crippen molar-refractivity contribution in [1.29, 1.82) is 0 Å². The SMILES string of the molecule is CC[C@H](C)NC(=O)c1ccc(NC(=O)NCc2ccccc2Cl)cc1. The normalized spacial score (nSPS) is 11.5. The third-order valence-electron chi connectivity index (χ3n) is 3.79. The lowest BCUT2D eigenvalue weighted by atomic mass is 10.1. The van der Waals surface area contributed by atoms with Crippen LogP contribution in [0.5, 0.6) is 0 Å². The summed E-state index contributed by atoms with van der Waals surface area (Å²) in [4.78, 5) is 24.0. The van der Waals surface area contributed by atoms with E-state index in [9.17, 15) is 9.59 Å². The average Bonchev–Trinajstić information content (AvgIpc) is 2.61. The molecule has 0 fully saturated rings. The number of carbonyl (C=O) groups is 2. The molecule has 0 aliphatic heterocycles. The maximum atomic E-state index is 12.0. The molecule has 5 nitrogen and oxygen atoms in total. The van der Waals surface area contributed by atoms with Crippen LogP contribution < -0.4 is 16.0 Å². The molecule has 1 atom stereocenters. The van der Waals surface area contributed by atoms with Crippen molar-refractivity contribution in [3.05, 3.63) is 64.7 Å². The molecule has 2 rings (SSSR count). The molecule has 0 radical (unpaired) electrons. The van der Waals surface area contributed by atoms with Crippen LogP contribution in [0.4, 0.5) is 10.5 Å². The number of amides is 3. The molecular weight excluding hydrogens is 338 g/mol. The van der Waals surface area contributed by atoms with E-state index in [2.05, 4.69) is 16.0 Å². The Morgan fingerprint density at radius 1 is 1.08 bits per heavy atom.